The van der Waals surface area contributed by atoms with Crippen molar-refractivity contribution in [3.8, 4) is 12.3 Å². The molecule has 0 aromatic carbocycles. The number of nitrogens with zero attached hydrogens (tertiary/aromatic N) is 1. The topological polar surface area (TPSA) is 137 Å². The van der Waals surface area contributed by atoms with Crippen molar-refractivity contribution < 1.29 is 29.4 Å². The van der Waals surface area contributed by atoms with Crippen LogP contribution in [0.15, 0.2) is 16.8 Å². The van der Waals surface area contributed by atoms with Gasteiger partial charge in [-0.25, -0.2) is 4.79 Å². The molecule has 0 heterocycles. The Morgan fingerprint density at radius 2 is 1.69 bits per heavy atom. The number of carbonyl (C=O) groups is 3. The number of nitrogens with one attached hydrogen (secondary N) is 2. The largest absolute Gasteiger partial charge is 0.480 e. The van der Waals surface area contributed by atoms with Crippen molar-refractivity contribution in [1.82, 2.24) is 10.6 Å². The second-order valence-corrected chi connectivity index (χ2v) is 14.2. The predicted octanol–water partition coefficient (Wildman–Crippen LogP) is 4.05. The van der Waals surface area contributed by atoms with E-state index in [2.05, 4.69) is 41.6 Å². The van der Waals surface area contributed by atoms with Gasteiger partial charge >= 0.3 is 5.97 Å². The molecule has 3 fully saturated rings. The first-order valence-corrected chi connectivity index (χ1v) is 15.6. The summed E-state index contributed by atoms with van der Waals surface area (Å²) in [5, 5.41) is 30.1. The molecule has 0 spiro atoms. The predicted molar refractivity (Wildman–Crippen MR) is 160 cm³/mol. The van der Waals surface area contributed by atoms with Crippen molar-refractivity contribution in [1.29, 1.82) is 0 Å². The van der Waals surface area contributed by atoms with Crippen LogP contribution in [0.5, 0.6) is 0 Å². The molecule has 0 aromatic rings. The molecule has 9 nitrogen and oxygen atoms in total. The zero-order valence-electron chi connectivity index (χ0n) is 26.0. The normalized spacial score (nSPS) is 36.1. The van der Waals surface area contributed by atoms with Crippen LogP contribution < -0.4 is 10.6 Å². The summed E-state index contributed by atoms with van der Waals surface area (Å²) < 4.78 is 0. The first-order chi connectivity index (χ1) is 19.7. The molecule has 4 N–H and O–H groups in total. The van der Waals surface area contributed by atoms with E-state index in [0.717, 1.165) is 50.7 Å². The third kappa shape index (κ3) is 5.71. The highest BCUT2D eigenvalue weighted by molar-refractivity contribution is 5.96. The van der Waals surface area contributed by atoms with Crippen LogP contribution in [0.2, 0.25) is 0 Å². The smallest absolute Gasteiger partial charge is 0.326 e. The van der Waals surface area contributed by atoms with Gasteiger partial charge in [-0.2, -0.15) is 0 Å². The average molecular weight is 584 g/mol. The Bertz CT molecular complexity index is 1190. The highest BCUT2D eigenvalue weighted by Crippen LogP contribution is 2.67. The van der Waals surface area contributed by atoms with E-state index in [-0.39, 0.29) is 29.3 Å². The maximum atomic E-state index is 12.8. The highest BCUT2D eigenvalue weighted by Gasteiger charge is 2.63. The first-order valence-electron chi connectivity index (χ1n) is 15.6. The van der Waals surface area contributed by atoms with Crippen LogP contribution in [0.3, 0.4) is 0 Å². The minimum atomic E-state index is -1.12. The van der Waals surface area contributed by atoms with Gasteiger partial charge in [0.1, 0.15) is 17.7 Å². The molecular formula is C33H49N3O6. The molecule has 0 radical (unpaired) electrons. The number of rotatable bonds is 9. The Balaban J connectivity index is 1.36. The molecule has 8 atom stereocenters. The van der Waals surface area contributed by atoms with E-state index < -0.39 is 35.5 Å². The van der Waals surface area contributed by atoms with Crippen LogP contribution in [0.1, 0.15) is 92.9 Å². The van der Waals surface area contributed by atoms with Crippen molar-refractivity contribution in [2.75, 3.05) is 6.61 Å². The van der Waals surface area contributed by atoms with Gasteiger partial charge in [0.25, 0.3) is 5.91 Å². The molecule has 3 saturated carbocycles. The Morgan fingerprint density at radius 3 is 2.31 bits per heavy atom. The minimum absolute atomic E-state index is 0.0825. The fourth-order valence-electron chi connectivity index (χ4n) is 8.58. The van der Waals surface area contributed by atoms with Crippen molar-refractivity contribution >= 4 is 23.5 Å². The fraction of sp³-hybridized carbons (Fsp3) is 0.758. The average Bonchev–Trinajstić information content (AvgIpc) is 3.20. The summed E-state index contributed by atoms with van der Waals surface area (Å²) in [6.07, 6.45) is 15.5. The van der Waals surface area contributed by atoms with Crippen LogP contribution >= 0.6 is 0 Å². The van der Waals surface area contributed by atoms with Gasteiger partial charge < -0.3 is 25.7 Å². The van der Waals surface area contributed by atoms with E-state index in [0.29, 0.717) is 24.2 Å². The van der Waals surface area contributed by atoms with Crippen molar-refractivity contribution in [2.24, 2.45) is 45.6 Å². The van der Waals surface area contributed by atoms with E-state index in [9.17, 15) is 24.6 Å². The van der Waals surface area contributed by atoms with Gasteiger partial charge in [0.05, 0.1) is 5.71 Å². The van der Waals surface area contributed by atoms with E-state index >= 15 is 0 Å². The number of oxime groups is 1. The molecule has 4 rings (SSSR count). The van der Waals surface area contributed by atoms with E-state index in [1.54, 1.807) is 27.7 Å². The van der Waals surface area contributed by atoms with Crippen molar-refractivity contribution in [3.05, 3.63) is 11.6 Å². The van der Waals surface area contributed by atoms with Gasteiger partial charge in [0, 0.05) is 5.41 Å². The third-order valence-electron chi connectivity index (χ3n) is 11.2. The van der Waals surface area contributed by atoms with Crippen LogP contribution in [0.25, 0.3) is 0 Å². The van der Waals surface area contributed by atoms with Gasteiger partial charge in [-0.15, -0.1) is 6.42 Å². The summed E-state index contributed by atoms with van der Waals surface area (Å²) in [4.78, 5) is 42.3. The fourth-order valence-corrected chi connectivity index (χ4v) is 8.58. The number of amides is 2. The van der Waals surface area contributed by atoms with Crippen LogP contribution in [-0.4, -0.2) is 58.0 Å². The van der Waals surface area contributed by atoms with E-state index in [1.807, 2.05) is 0 Å². The lowest BCUT2D eigenvalue weighted by Gasteiger charge is -2.58. The van der Waals surface area contributed by atoms with Crippen LogP contribution in [0, 0.1) is 52.8 Å². The zero-order valence-corrected chi connectivity index (χ0v) is 26.0. The lowest BCUT2D eigenvalue weighted by atomic mass is 9.46. The number of fused-ring (bicyclic) bond motifs is 5. The monoisotopic (exact) mass is 583 g/mol. The quantitative estimate of drug-likeness (QED) is 0.239. The summed E-state index contributed by atoms with van der Waals surface area (Å²) in [6.45, 7) is 11.3. The van der Waals surface area contributed by atoms with E-state index in [1.165, 1.54) is 5.57 Å². The Hall–Kier alpha value is -2.86. The molecule has 0 aromatic heterocycles. The summed E-state index contributed by atoms with van der Waals surface area (Å²) in [5.41, 5.74) is 1.09. The van der Waals surface area contributed by atoms with Gasteiger partial charge in [-0.3, -0.25) is 9.59 Å². The number of hydrogen-bond donors (Lipinski definition) is 4. The number of carboxylic acid groups (broad SMARTS) is 1. The van der Waals surface area contributed by atoms with Crippen LogP contribution in [0.4, 0.5) is 0 Å². The minimum Gasteiger partial charge on any atom is -0.480 e. The van der Waals surface area contributed by atoms with Crippen LogP contribution in [-0.2, 0) is 19.2 Å². The van der Waals surface area contributed by atoms with Gasteiger partial charge in [-0.1, -0.05) is 58.2 Å². The van der Waals surface area contributed by atoms with Crippen molar-refractivity contribution in [3.63, 3.8) is 0 Å². The second kappa shape index (κ2) is 12.0. The van der Waals surface area contributed by atoms with Gasteiger partial charge in [0.15, 0.2) is 6.61 Å². The summed E-state index contributed by atoms with van der Waals surface area (Å²) >= 11 is 0. The molecule has 0 aliphatic heterocycles. The number of carbonyl (C=O) groups excluding carboxylic acids is 2. The molecule has 42 heavy (non-hydrogen) atoms. The van der Waals surface area contributed by atoms with E-state index in [4.69, 9.17) is 11.3 Å². The molecule has 0 bridgehead atoms. The molecule has 232 valence electrons. The molecule has 0 unspecified atom stereocenters. The molecule has 4 aliphatic carbocycles. The number of allylic oxidation sites excluding steroid dienone is 2. The summed E-state index contributed by atoms with van der Waals surface area (Å²) in [5.74, 6) is 1.62. The second-order valence-electron chi connectivity index (χ2n) is 14.2. The highest BCUT2D eigenvalue weighted by atomic mass is 16.6. The molecular weight excluding hydrogens is 534 g/mol. The number of hydrogen-bond acceptors (Lipinski definition) is 6. The zero-order chi connectivity index (χ0) is 31.0. The lowest BCUT2D eigenvalue weighted by molar-refractivity contribution is -0.143. The number of carboxylic acids is 1. The Kier molecular flexibility index (Phi) is 9.18. The molecule has 0 saturated heterocycles. The molecule has 4 aliphatic rings. The maximum absolute atomic E-state index is 12.8. The number of terminal acetylenes is 1. The summed E-state index contributed by atoms with van der Waals surface area (Å²) in [6, 6.07) is -1.93. The maximum Gasteiger partial charge on any atom is 0.326 e. The summed E-state index contributed by atoms with van der Waals surface area (Å²) in [7, 11) is 0. The lowest BCUT2D eigenvalue weighted by Crippen LogP contribution is -2.55. The standard InChI is InChI=1S/C33H49N3O6/c1-8-33(41)16-13-25-23-10-9-21-17-22(11-14-31(21,6)24(23)12-15-32(25,33)7)36-42-18-26(37)34-27(19(2)3)29(38)35-28(20(4)5)30(39)40/h1,17,19-20,23-25,27-28,41H,9-16,18H2,2-7H3,(H,34,37)(H,35,38)(H,39,40)/t23-,24+,25-,27+,28+,31+,32+,33-/m1/s1. The molecule has 9 heteroatoms. The Labute approximate surface area is 250 Å². The number of aliphatic carboxylic acids is 1. The number of aliphatic hydroxyl groups is 1. The van der Waals surface area contributed by atoms with Gasteiger partial charge in [-0.05, 0) is 92.4 Å². The first kappa shape index (κ1) is 32.1. The SMILES string of the molecule is C#C[C@@]1(O)CC[C@@H]2[C@@H]3CCC4=CC(=NOCC(=O)N[C@H](C(=O)N[C@H](C(=O)O)C(C)C)C(C)C)CC[C@]4(C)[C@H]3CC[C@@]21C. The van der Waals surface area contributed by atoms with Crippen molar-refractivity contribution in [2.45, 2.75) is 111 Å². The van der Waals surface area contributed by atoms with Gasteiger partial charge in [0.2, 0.25) is 5.91 Å². The third-order valence-corrected chi connectivity index (χ3v) is 11.2. The Morgan fingerprint density at radius 1 is 1.02 bits per heavy atom. The molecule has 2 amide bonds.